The maximum Gasteiger partial charge on any atom is 0.243 e. The van der Waals surface area contributed by atoms with Gasteiger partial charge in [0.05, 0.1) is 16.5 Å². The molecule has 2 rings (SSSR count). The van der Waals surface area contributed by atoms with Crippen molar-refractivity contribution >= 4 is 15.9 Å². The van der Waals surface area contributed by atoms with Crippen molar-refractivity contribution in [2.75, 3.05) is 13.1 Å². The molecule has 0 aromatic heterocycles. The summed E-state index contributed by atoms with van der Waals surface area (Å²) in [5.41, 5.74) is 5.48. The molecular weight excluding hydrogens is 290 g/mol. The van der Waals surface area contributed by atoms with Crippen LogP contribution >= 0.6 is 0 Å². The Balaban J connectivity index is 2.11. The zero-order chi connectivity index (χ0) is 15.5. The molecule has 0 unspecified atom stereocenters. The average molecular weight is 307 g/mol. The van der Waals surface area contributed by atoms with Crippen molar-refractivity contribution in [3.8, 4) is 6.07 Å². The largest absolute Gasteiger partial charge is 0.370 e. The molecule has 1 aliphatic rings. The van der Waals surface area contributed by atoms with Crippen molar-refractivity contribution in [2.45, 2.75) is 24.2 Å². The van der Waals surface area contributed by atoms with Crippen molar-refractivity contribution in [1.29, 1.82) is 5.26 Å². The van der Waals surface area contributed by atoms with E-state index in [0.29, 0.717) is 37.9 Å². The van der Waals surface area contributed by atoms with Crippen molar-refractivity contribution in [3.63, 3.8) is 0 Å². The molecule has 0 saturated carbocycles. The van der Waals surface area contributed by atoms with E-state index in [-0.39, 0.29) is 16.7 Å². The minimum absolute atomic E-state index is 0.134. The minimum Gasteiger partial charge on any atom is -0.370 e. The van der Waals surface area contributed by atoms with Crippen LogP contribution in [0.25, 0.3) is 0 Å². The first kappa shape index (κ1) is 15.5. The monoisotopic (exact) mass is 307 g/mol. The molecule has 1 aromatic carbocycles. The Morgan fingerprint density at radius 3 is 2.62 bits per heavy atom. The molecule has 0 atom stereocenters. The Kier molecular flexibility index (Phi) is 4.60. The van der Waals surface area contributed by atoms with Gasteiger partial charge in [-0.1, -0.05) is 6.07 Å². The highest BCUT2D eigenvalue weighted by molar-refractivity contribution is 7.89. The number of hydrogen-bond donors (Lipinski definition) is 1. The summed E-state index contributed by atoms with van der Waals surface area (Å²) in [5, 5.41) is 8.85. The second-order valence-corrected chi connectivity index (χ2v) is 7.10. The smallest absolute Gasteiger partial charge is 0.243 e. The van der Waals surface area contributed by atoms with Gasteiger partial charge in [0.1, 0.15) is 0 Å². The Labute approximate surface area is 124 Å². The van der Waals surface area contributed by atoms with E-state index in [0.717, 1.165) is 0 Å². The molecule has 0 spiro atoms. The number of nitrogens with zero attached hydrogens (tertiary/aromatic N) is 2. The van der Waals surface area contributed by atoms with Gasteiger partial charge < -0.3 is 5.73 Å². The van der Waals surface area contributed by atoms with E-state index in [2.05, 4.69) is 0 Å². The third kappa shape index (κ3) is 3.60. The number of benzene rings is 1. The minimum atomic E-state index is -3.58. The van der Waals surface area contributed by atoms with Crippen LogP contribution in [0.3, 0.4) is 0 Å². The predicted molar refractivity (Wildman–Crippen MR) is 76.5 cm³/mol. The van der Waals surface area contributed by atoms with E-state index in [1.54, 1.807) is 12.1 Å². The Hall–Kier alpha value is -1.91. The van der Waals surface area contributed by atoms with Crippen LogP contribution in [0, 0.1) is 17.2 Å². The lowest BCUT2D eigenvalue weighted by Gasteiger charge is -2.30. The molecule has 0 aliphatic carbocycles. The van der Waals surface area contributed by atoms with Gasteiger partial charge in [-0.05, 0) is 37.0 Å². The maximum absolute atomic E-state index is 12.5. The summed E-state index contributed by atoms with van der Waals surface area (Å²) in [4.78, 5) is 11.0. The zero-order valence-electron chi connectivity index (χ0n) is 11.5. The molecule has 1 saturated heterocycles. The fraction of sp³-hybridized carbons (Fsp3) is 0.429. The summed E-state index contributed by atoms with van der Waals surface area (Å²) in [5.74, 6) is -0.197. The van der Waals surface area contributed by atoms with Crippen molar-refractivity contribution in [2.24, 2.45) is 11.7 Å². The third-order valence-corrected chi connectivity index (χ3v) is 5.56. The van der Waals surface area contributed by atoms with Crippen LogP contribution in [0.1, 0.15) is 24.8 Å². The lowest BCUT2D eigenvalue weighted by Crippen LogP contribution is -2.39. The lowest BCUT2D eigenvalue weighted by molar-refractivity contribution is -0.119. The number of amides is 1. The Morgan fingerprint density at radius 1 is 1.38 bits per heavy atom. The number of hydrogen-bond acceptors (Lipinski definition) is 4. The molecule has 112 valence electrons. The maximum atomic E-state index is 12.5. The van der Waals surface area contributed by atoms with Gasteiger partial charge in [-0.3, -0.25) is 4.79 Å². The van der Waals surface area contributed by atoms with Crippen LogP contribution in [0.2, 0.25) is 0 Å². The van der Waals surface area contributed by atoms with E-state index in [1.807, 2.05) is 6.07 Å². The van der Waals surface area contributed by atoms with Crippen molar-refractivity contribution in [3.05, 3.63) is 29.8 Å². The molecule has 0 radical (unpaired) electrons. The molecule has 1 heterocycles. The second-order valence-electron chi connectivity index (χ2n) is 5.16. The summed E-state index contributed by atoms with van der Waals surface area (Å²) in [6.45, 7) is 0.744. The van der Waals surface area contributed by atoms with Gasteiger partial charge in [-0.2, -0.15) is 9.57 Å². The van der Waals surface area contributed by atoms with Gasteiger partial charge in [-0.25, -0.2) is 8.42 Å². The number of nitriles is 1. The number of piperidine rings is 1. The number of primary amides is 1. The fourth-order valence-corrected chi connectivity index (χ4v) is 4.03. The van der Waals surface area contributed by atoms with Crippen molar-refractivity contribution < 1.29 is 13.2 Å². The van der Waals surface area contributed by atoms with E-state index in [9.17, 15) is 13.2 Å². The van der Waals surface area contributed by atoms with Crippen LogP contribution in [-0.2, 0) is 14.8 Å². The van der Waals surface area contributed by atoms with Crippen LogP contribution in [0.5, 0.6) is 0 Å². The summed E-state index contributed by atoms with van der Waals surface area (Å²) in [6, 6.07) is 7.94. The highest BCUT2D eigenvalue weighted by Crippen LogP contribution is 2.25. The first-order chi connectivity index (χ1) is 9.93. The molecular formula is C14H17N3O3S. The number of carbonyl (C=O) groups excluding carboxylic acids is 1. The fourth-order valence-electron chi connectivity index (χ4n) is 2.51. The Bertz CT molecular complexity index is 671. The SMILES string of the molecule is N#Cc1cccc(S(=O)(=O)N2CCC(CC(N)=O)CC2)c1. The highest BCUT2D eigenvalue weighted by Gasteiger charge is 2.29. The summed E-state index contributed by atoms with van der Waals surface area (Å²) in [6.07, 6.45) is 1.55. The van der Waals surface area contributed by atoms with Crippen LogP contribution in [0.15, 0.2) is 29.2 Å². The quantitative estimate of drug-likeness (QED) is 0.889. The van der Waals surface area contributed by atoms with Crippen LogP contribution in [-0.4, -0.2) is 31.7 Å². The van der Waals surface area contributed by atoms with Gasteiger partial charge in [-0.15, -0.1) is 0 Å². The number of nitrogens with two attached hydrogens (primary N) is 1. The first-order valence-corrected chi connectivity index (χ1v) is 8.16. The van der Waals surface area contributed by atoms with Gasteiger partial charge in [0.2, 0.25) is 15.9 Å². The molecule has 1 aliphatic heterocycles. The average Bonchev–Trinajstić information content (AvgIpc) is 2.47. The van der Waals surface area contributed by atoms with Gasteiger partial charge >= 0.3 is 0 Å². The number of rotatable bonds is 4. The van der Waals surface area contributed by atoms with E-state index in [1.165, 1.54) is 16.4 Å². The van der Waals surface area contributed by atoms with Gasteiger partial charge in [0.25, 0.3) is 0 Å². The lowest BCUT2D eigenvalue weighted by atomic mass is 9.94. The molecule has 0 bridgehead atoms. The third-order valence-electron chi connectivity index (χ3n) is 3.66. The van der Waals surface area contributed by atoms with E-state index in [4.69, 9.17) is 11.0 Å². The molecule has 21 heavy (non-hydrogen) atoms. The second kappa shape index (κ2) is 6.24. The normalized spacial score (nSPS) is 17.3. The van der Waals surface area contributed by atoms with Crippen LogP contribution in [0.4, 0.5) is 0 Å². The van der Waals surface area contributed by atoms with Gasteiger partial charge in [0, 0.05) is 19.5 Å². The predicted octanol–water partition coefficient (Wildman–Crippen LogP) is 0.834. The first-order valence-electron chi connectivity index (χ1n) is 6.72. The summed E-state index contributed by atoms with van der Waals surface area (Å²) in [7, 11) is -3.58. The zero-order valence-corrected chi connectivity index (χ0v) is 12.3. The molecule has 6 nitrogen and oxygen atoms in total. The van der Waals surface area contributed by atoms with Crippen LogP contribution < -0.4 is 5.73 Å². The van der Waals surface area contributed by atoms with Gasteiger partial charge in [0.15, 0.2) is 0 Å². The van der Waals surface area contributed by atoms with E-state index < -0.39 is 10.0 Å². The molecule has 2 N–H and O–H groups in total. The summed E-state index contributed by atoms with van der Waals surface area (Å²) < 4.78 is 26.4. The number of sulfonamides is 1. The van der Waals surface area contributed by atoms with E-state index >= 15 is 0 Å². The number of carbonyl (C=O) groups is 1. The highest BCUT2D eigenvalue weighted by atomic mass is 32.2. The summed E-state index contributed by atoms with van der Waals surface area (Å²) >= 11 is 0. The topological polar surface area (TPSA) is 104 Å². The molecule has 1 aromatic rings. The molecule has 1 amide bonds. The standard InChI is InChI=1S/C14H17N3O3S/c15-10-12-2-1-3-13(8-12)21(19,20)17-6-4-11(5-7-17)9-14(16)18/h1-3,8,11H,4-7,9H2,(H2,16,18). The molecule has 7 heteroatoms. The Morgan fingerprint density at radius 2 is 2.05 bits per heavy atom. The van der Waals surface area contributed by atoms with Crippen molar-refractivity contribution in [1.82, 2.24) is 4.31 Å². The molecule has 1 fully saturated rings.